The molecule has 0 aliphatic carbocycles. The monoisotopic (exact) mass is 288 g/mol. The molecule has 0 bridgehead atoms. The van der Waals surface area contributed by atoms with Crippen LogP contribution in [0.3, 0.4) is 0 Å². The van der Waals surface area contributed by atoms with Gasteiger partial charge in [0.25, 0.3) is 0 Å². The molecular weight excluding hydrogens is 264 g/mol. The highest BCUT2D eigenvalue weighted by Crippen LogP contribution is 2.18. The van der Waals surface area contributed by atoms with Gasteiger partial charge in [-0.25, -0.2) is 0 Å². The molecule has 1 aromatic heterocycles. The molecule has 0 fully saturated rings. The van der Waals surface area contributed by atoms with E-state index in [4.69, 9.17) is 9.15 Å². The highest BCUT2D eigenvalue weighted by atomic mass is 16.5. The fraction of sp³-hybridized carbons (Fsp3) is 0.500. The lowest BCUT2D eigenvalue weighted by Crippen LogP contribution is -2.00. The van der Waals surface area contributed by atoms with E-state index in [9.17, 15) is 4.79 Å². The number of fused-ring (bicyclic) bond motifs is 1. The summed E-state index contributed by atoms with van der Waals surface area (Å²) in [5.74, 6) is 0.767. The topological polar surface area (TPSA) is 39.4 Å². The van der Waals surface area contributed by atoms with Crippen molar-refractivity contribution >= 4 is 11.0 Å². The van der Waals surface area contributed by atoms with Gasteiger partial charge in [0.05, 0.1) is 18.3 Å². The van der Waals surface area contributed by atoms with E-state index in [-0.39, 0.29) is 5.43 Å². The number of rotatable bonds is 9. The fourth-order valence-corrected chi connectivity index (χ4v) is 2.40. The van der Waals surface area contributed by atoms with Crippen LogP contribution in [0.5, 0.6) is 5.75 Å². The molecule has 0 spiro atoms. The van der Waals surface area contributed by atoms with Gasteiger partial charge in [-0.2, -0.15) is 0 Å². The molecule has 21 heavy (non-hydrogen) atoms. The quantitative estimate of drug-likeness (QED) is 0.615. The Morgan fingerprint density at radius 3 is 2.57 bits per heavy atom. The Morgan fingerprint density at radius 2 is 1.76 bits per heavy atom. The first-order valence-electron chi connectivity index (χ1n) is 7.95. The first kappa shape index (κ1) is 15.6. The molecule has 0 aliphatic heterocycles. The molecule has 1 aromatic carbocycles. The van der Waals surface area contributed by atoms with Crippen molar-refractivity contribution in [3.63, 3.8) is 0 Å². The predicted octanol–water partition coefficient (Wildman–Crippen LogP) is 4.92. The van der Waals surface area contributed by atoms with Crippen LogP contribution in [-0.4, -0.2) is 6.61 Å². The van der Waals surface area contributed by atoms with Crippen LogP contribution in [0.4, 0.5) is 0 Å². The Balaban J connectivity index is 1.73. The van der Waals surface area contributed by atoms with Gasteiger partial charge in [0.1, 0.15) is 11.3 Å². The van der Waals surface area contributed by atoms with E-state index in [2.05, 4.69) is 6.92 Å². The maximum Gasteiger partial charge on any atom is 0.192 e. The minimum atomic E-state index is -0.0186. The van der Waals surface area contributed by atoms with Crippen molar-refractivity contribution in [3.8, 4) is 5.75 Å². The van der Waals surface area contributed by atoms with Gasteiger partial charge in [0.15, 0.2) is 5.43 Å². The zero-order valence-corrected chi connectivity index (χ0v) is 12.8. The van der Waals surface area contributed by atoms with Gasteiger partial charge in [-0.05, 0) is 18.6 Å². The van der Waals surface area contributed by atoms with Gasteiger partial charge in [-0.15, -0.1) is 0 Å². The van der Waals surface area contributed by atoms with E-state index in [0.717, 1.165) is 18.8 Å². The molecule has 0 amide bonds. The number of hydrogen-bond donors (Lipinski definition) is 0. The zero-order chi connectivity index (χ0) is 14.9. The number of benzene rings is 1. The normalized spacial score (nSPS) is 10.9. The number of hydrogen-bond acceptors (Lipinski definition) is 3. The maximum absolute atomic E-state index is 11.6. The summed E-state index contributed by atoms with van der Waals surface area (Å²) in [6, 6.07) is 6.82. The summed E-state index contributed by atoms with van der Waals surface area (Å²) >= 11 is 0. The third-order valence-corrected chi connectivity index (χ3v) is 3.65. The molecule has 114 valence electrons. The summed E-state index contributed by atoms with van der Waals surface area (Å²) in [6.45, 7) is 2.95. The van der Waals surface area contributed by atoms with Crippen LogP contribution in [0.15, 0.2) is 39.7 Å². The van der Waals surface area contributed by atoms with E-state index in [0.29, 0.717) is 11.0 Å². The molecule has 0 aliphatic rings. The molecular formula is C18H24O3. The van der Waals surface area contributed by atoms with Crippen molar-refractivity contribution < 1.29 is 9.15 Å². The first-order chi connectivity index (χ1) is 10.3. The lowest BCUT2D eigenvalue weighted by molar-refractivity contribution is 0.304. The lowest BCUT2D eigenvalue weighted by Gasteiger charge is -2.06. The van der Waals surface area contributed by atoms with Crippen LogP contribution in [0, 0.1) is 0 Å². The summed E-state index contributed by atoms with van der Waals surface area (Å²) in [5, 5.41) is 0.598. The Kier molecular flexibility index (Phi) is 6.32. The van der Waals surface area contributed by atoms with E-state index in [1.165, 1.54) is 50.9 Å². The summed E-state index contributed by atoms with van der Waals surface area (Å²) < 4.78 is 11.1. The summed E-state index contributed by atoms with van der Waals surface area (Å²) in [5.41, 5.74) is 0.564. The SMILES string of the molecule is CCCCCCCCCOc1ccc2c(=O)ccoc2c1. The number of unbranched alkanes of at least 4 members (excludes halogenated alkanes) is 6. The van der Waals surface area contributed by atoms with Crippen LogP contribution in [0.25, 0.3) is 11.0 Å². The molecule has 1 heterocycles. The molecule has 0 radical (unpaired) electrons. The van der Waals surface area contributed by atoms with Crippen LogP contribution in [-0.2, 0) is 0 Å². The largest absolute Gasteiger partial charge is 0.493 e. The van der Waals surface area contributed by atoms with E-state index in [1.807, 2.05) is 6.07 Å². The lowest BCUT2D eigenvalue weighted by atomic mass is 10.1. The second-order valence-electron chi connectivity index (χ2n) is 5.41. The van der Waals surface area contributed by atoms with Gasteiger partial charge >= 0.3 is 0 Å². The third kappa shape index (κ3) is 4.92. The number of ether oxygens (including phenoxy) is 1. The second-order valence-corrected chi connectivity index (χ2v) is 5.41. The average Bonchev–Trinajstić information content (AvgIpc) is 2.50. The van der Waals surface area contributed by atoms with E-state index in [1.54, 1.807) is 12.1 Å². The Hall–Kier alpha value is -1.77. The van der Waals surface area contributed by atoms with Crippen LogP contribution in [0.1, 0.15) is 51.9 Å². The minimum Gasteiger partial charge on any atom is -0.493 e. The van der Waals surface area contributed by atoms with Crippen LogP contribution < -0.4 is 10.2 Å². The van der Waals surface area contributed by atoms with Crippen molar-refractivity contribution in [2.75, 3.05) is 6.61 Å². The molecule has 0 saturated carbocycles. The van der Waals surface area contributed by atoms with E-state index < -0.39 is 0 Å². The van der Waals surface area contributed by atoms with Gasteiger partial charge in [-0.3, -0.25) is 4.79 Å². The maximum atomic E-state index is 11.6. The molecule has 0 saturated heterocycles. The molecule has 2 aromatic rings. The third-order valence-electron chi connectivity index (χ3n) is 3.65. The zero-order valence-electron chi connectivity index (χ0n) is 12.8. The summed E-state index contributed by atoms with van der Waals surface area (Å²) in [6.07, 6.45) is 10.3. The van der Waals surface area contributed by atoms with Crippen molar-refractivity contribution in [2.24, 2.45) is 0 Å². The molecule has 0 atom stereocenters. The molecule has 0 unspecified atom stereocenters. The van der Waals surface area contributed by atoms with Crippen molar-refractivity contribution in [1.82, 2.24) is 0 Å². The average molecular weight is 288 g/mol. The van der Waals surface area contributed by atoms with Gasteiger partial charge in [0, 0.05) is 12.1 Å². The summed E-state index contributed by atoms with van der Waals surface area (Å²) in [7, 11) is 0. The highest BCUT2D eigenvalue weighted by molar-refractivity contribution is 5.77. The molecule has 3 heteroatoms. The molecule has 3 nitrogen and oxygen atoms in total. The minimum absolute atomic E-state index is 0.0186. The van der Waals surface area contributed by atoms with Crippen LogP contribution in [0.2, 0.25) is 0 Å². The first-order valence-corrected chi connectivity index (χ1v) is 7.95. The second kappa shape index (κ2) is 8.50. The predicted molar refractivity (Wildman–Crippen MR) is 86.0 cm³/mol. The standard InChI is InChI=1S/C18H24O3/c1-2-3-4-5-6-7-8-12-20-15-9-10-16-17(19)11-13-21-18(16)14-15/h9-11,13-14H,2-8,12H2,1H3. The molecule has 2 rings (SSSR count). The van der Waals surface area contributed by atoms with Gasteiger partial charge < -0.3 is 9.15 Å². The van der Waals surface area contributed by atoms with Gasteiger partial charge in [0.2, 0.25) is 0 Å². The Bertz CT molecular complexity index is 601. The highest BCUT2D eigenvalue weighted by Gasteiger charge is 2.02. The Labute approximate surface area is 125 Å². The van der Waals surface area contributed by atoms with Gasteiger partial charge in [-0.1, -0.05) is 45.4 Å². The summed E-state index contributed by atoms with van der Waals surface area (Å²) in [4.78, 5) is 11.6. The van der Waals surface area contributed by atoms with Crippen molar-refractivity contribution in [3.05, 3.63) is 40.8 Å². The van der Waals surface area contributed by atoms with Crippen molar-refractivity contribution in [2.45, 2.75) is 51.9 Å². The Morgan fingerprint density at radius 1 is 1.00 bits per heavy atom. The van der Waals surface area contributed by atoms with Crippen molar-refractivity contribution in [1.29, 1.82) is 0 Å². The fourth-order valence-electron chi connectivity index (χ4n) is 2.40. The smallest absolute Gasteiger partial charge is 0.192 e. The van der Waals surface area contributed by atoms with Crippen LogP contribution >= 0.6 is 0 Å². The molecule has 0 N–H and O–H groups in total. The van der Waals surface area contributed by atoms with E-state index >= 15 is 0 Å².